The van der Waals surface area contributed by atoms with Crippen LogP contribution in [0.5, 0.6) is 5.88 Å². The number of rotatable bonds is 1. The number of Topliss-reactive ketones (excluding diaryl/α,β-unsaturated/α-hetero) is 1. The molecule has 0 saturated heterocycles. The Labute approximate surface area is 94.6 Å². The second kappa shape index (κ2) is 4.18. The van der Waals surface area contributed by atoms with Crippen LogP contribution in [0.3, 0.4) is 0 Å². The van der Waals surface area contributed by atoms with E-state index in [2.05, 4.69) is 15.8 Å². The fourth-order valence-electron chi connectivity index (χ4n) is 1.25. The van der Waals surface area contributed by atoms with Crippen LogP contribution in [0, 0.1) is 0 Å². The number of hydrogen-bond donors (Lipinski definition) is 3. The molecule has 8 nitrogen and oxygen atoms in total. The summed E-state index contributed by atoms with van der Waals surface area (Å²) in [5.74, 6) is -2.99. The highest BCUT2D eigenvalue weighted by molar-refractivity contribution is 6.36. The highest BCUT2D eigenvalue weighted by Crippen LogP contribution is 2.21. The minimum atomic E-state index is -1.62. The van der Waals surface area contributed by atoms with Gasteiger partial charge in [-0.2, -0.15) is 0 Å². The summed E-state index contributed by atoms with van der Waals surface area (Å²) >= 11 is 0. The molecule has 0 radical (unpaired) electrons. The van der Waals surface area contributed by atoms with Gasteiger partial charge in [0.1, 0.15) is 0 Å². The minimum absolute atomic E-state index is 0.00892. The molecular weight excluding hydrogens is 230 g/mol. The minimum Gasteiger partial charge on any atom is -0.474 e. The molecule has 0 unspecified atom stereocenters. The molecule has 1 aromatic rings. The number of carboxylic acid groups (broad SMARTS) is 1. The number of ketones is 1. The number of amides is 1. The van der Waals surface area contributed by atoms with Gasteiger partial charge in [-0.05, 0) is 6.07 Å². The van der Waals surface area contributed by atoms with Gasteiger partial charge in [0.25, 0.3) is 0 Å². The summed E-state index contributed by atoms with van der Waals surface area (Å²) in [5.41, 5.74) is 2.68. The molecule has 8 heteroatoms. The summed E-state index contributed by atoms with van der Waals surface area (Å²) in [6.07, 6.45) is 1.19. The van der Waals surface area contributed by atoms with Gasteiger partial charge in [-0.15, -0.1) is 5.48 Å². The molecule has 0 aliphatic carbocycles. The molecule has 0 bridgehead atoms. The number of anilines is 1. The average molecular weight is 237 g/mol. The lowest BCUT2D eigenvalue weighted by Gasteiger charge is -2.15. The summed E-state index contributed by atoms with van der Waals surface area (Å²) < 4.78 is 0. The maximum atomic E-state index is 11.4. The summed E-state index contributed by atoms with van der Waals surface area (Å²) in [5, 5.41) is 10.5. The Hall–Kier alpha value is -2.48. The van der Waals surface area contributed by atoms with E-state index in [1.807, 2.05) is 0 Å². The van der Waals surface area contributed by atoms with Crippen molar-refractivity contribution in [2.45, 2.75) is 0 Å². The van der Waals surface area contributed by atoms with Gasteiger partial charge in [-0.25, -0.2) is 9.78 Å². The van der Waals surface area contributed by atoms with Crippen LogP contribution in [0.15, 0.2) is 12.3 Å². The molecule has 0 spiro atoms. The van der Waals surface area contributed by atoms with E-state index in [-0.39, 0.29) is 29.5 Å². The fraction of sp³-hybridized carbons (Fsp3) is 0.111. The number of carbonyl (C=O) groups is 3. The maximum Gasteiger partial charge on any atom is 0.394 e. The quantitative estimate of drug-likeness (QED) is 0.546. The van der Waals surface area contributed by atoms with Gasteiger partial charge in [0.2, 0.25) is 5.88 Å². The third-order valence-corrected chi connectivity index (χ3v) is 2.01. The molecule has 2 rings (SSSR count). The van der Waals surface area contributed by atoms with Crippen LogP contribution in [-0.2, 0) is 9.59 Å². The van der Waals surface area contributed by atoms with Gasteiger partial charge < -0.3 is 15.3 Å². The zero-order valence-corrected chi connectivity index (χ0v) is 8.39. The summed E-state index contributed by atoms with van der Waals surface area (Å²) in [6, 6.07) is 1.31. The van der Waals surface area contributed by atoms with E-state index in [4.69, 9.17) is 9.94 Å². The Morgan fingerprint density at radius 1 is 1.53 bits per heavy atom. The molecular formula is C9H7N3O5. The van der Waals surface area contributed by atoms with E-state index in [1.165, 1.54) is 12.3 Å². The molecule has 1 aromatic heterocycles. The first kappa shape index (κ1) is 11.0. The molecule has 0 atom stereocenters. The standard InChI is InChI=1S/C9H7N3O5/c13-6-3-11-17-8-5(6)1-4(2-10-8)12-7(14)9(15)16/h1-2,11H,3H2,(H,12,14)(H,15,16). The second-order valence-corrected chi connectivity index (χ2v) is 3.18. The number of nitrogens with one attached hydrogen (secondary N) is 2. The van der Waals surface area contributed by atoms with Crippen molar-refractivity contribution in [3.05, 3.63) is 17.8 Å². The normalized spacial score (nSPS) is 13.5. The number of hydrogen-bond acceptors (Lipinski definition) is 6. The van der Waals surface area contributed by atoms with Gasteiger partial charge in [-0.3, -0.25) is 9.59 Å². The van der Waals surface area contributed by atoms with Gasteiger partial charge in [0, 0.05) is 0 Å². The van der Waals surface area contributed by atoms with Crippen molar-refractivity contribution in [3.8, 4) is 5.88 Å². The number of hydroxylamine groups is 1. The summed E-state index contributed by atoms with van der Waals surface area (Å²) in [7, 11) is 0. The Bertz CT molecular complexity index is 513. The highest BCUT2D eigenvalue weighted by Gasteiger charge is 2.21. The van der Waals surface area contributed by atoms with Crippen molar-refractivity contribution < 1.29 is 24.3 Å². The summed E-state index contributed by atoms with van der Waals surface area (Å²) in [4.78, 5) is 41.3. The number of fused-ring (bicyclic) bond motifs is 1. The molecule has 0 fully saturated rings. The van der Waals surface area contributed by atoms with Crippen molar-refractivity contribution in [3.63, 3.8) is 0 Å². The van der Waals surface area contributed by atoms with Crippen LogP contribution in [0.2, 0.25) is 0 Å². The predicted octanol–water partition coefficient (Wildman–Crippen LogP) is -0.816. The van der Waals surface area contributed by atoms with Crippen LogP contribution >= 0.6 is 0 Å². The molecule has 0 aromatic carbocycles. The highest BCUT2D eigenvalue weighted by atomic mass is 16.7. The van der Waals surface area contributed by atoms with E-state index in [9.17, 15) is 14.4 Å². The molecule has 1 aliphatic rings. The van der Waals surface area contributed by atoms with Crippen LogP contribution in [0.1, 0.15) is 10.4 Å². The lowest BCUT2D eigenvalue weighted by atomic mass is 10.1. The van der Waals surface area contributed by atoms with E-state index < -0.39 is 11.9 Å². The van der Waals surface area contributed by atoms with E-state index >= 15 is 0 Å². The second-order valence-electron chi connectivity index (χ2n) is 3.18. The topological polar surface area (TPSA) is 118 Å². The van der Waals surface area contributed by atoms with Crippen molar-refractivity contribution in [1.82, 2.24) is 10.5 Å². The first-order valence-corrected chi connectivity index (χ1v) is 4.55. The number of carboxylic acids is 1. The third kappa shape index (κ3) is 2.21. The number of aliphatic carboxylic acids is 1. The van der Waals surface area contributed by atoms with Crippen molar-refractivity contribution >= 4 is 23.3 Å². The Morgan fingerprint density at radius 3 is 3.00 bits per heavy atom. The van der Waals surface area contributed by atoms with Gasteiger partial charge in [-0.1, -0.05) is 0 Å². The zero-order valence-electron chi connectivity index (χ0n) is 8.39. The Balaban J connectivity index is 2.26. The van der Waals surface area contributed by atoms with Crippen molar-refractivity contribution in [2.24, 2.45) is 0 Å². The van der Waals surface area contributed by atoms with Crippen molar-refractivity contribution in [1.29, 1.82) is 0 Å². The van der Waals surface area contributed by atoms with Gasteiger partial charge >= 0.3 is 11.9 Å². The zero-order chi connectivity index (χ0) is 12.4. The lowest BCUT2D eigenvalue weighted by Crippen LogP contribution is -2.33. The molecule has 88 valence electrons. The first-order valence-electron chi connectivity index (χ1n) is 4.55. The fourth-order valence-corrected chi connectivity index (χ4v) is 1.25. The maximum absolute atomic E-state index is 11.4. The van der Waals surface area contributed by atoms with Crippen LogP contribution in [-0.4, -0.2) is 34.3 Å². The largest absolute Gasteiger partial charge is 0.474 e. The molecule has 0 saturated carbocycles. The van der Waals surface area contributed by atoms with Gasteiger partial charge in [0.05, 0.1) is 24.0 Å². The number of pyridine rings is 1. The number of carbonyl (C=O) groups excluding carboxylic acids is 2. The van der Waals surface area contributed by atoms with E-state index in [0.29, 0.717) is 0 Å². The Morgan fingerprint density at radius 2 is 2.29 bits per heavy atom. The van der Waals surface area contributed by atoms with Crippen LogP contribution in [0.4, 0.5) is 5.69 Å². The lowest BCUT2D eigenvalue weighted by molar-refractivity contribution is -0.147. The van der Waals surface area contributed by atoms with E-state index in [0.717, 1.165) is 0 Å². The summed E-state index contributed by atoms with van der Waals surface area (Å²) in [6.45, 7) is -0.00892. The van der Waals surface area contributed by atoms with Crippen LogP contribution < -0.4 is 15.6 Å². The Kier molecular flexibility index (Phi) is 2.71. The molecule has 17 heavy (non-hydrogen) atoms. The number of nitrogens with zero attached hydrogens (tertiary/aromatic N) is 1. The molecule has 1 amide bonds. The molecule has 3 N–H and O–H groups in total. The third-order valence-electron chi connectivity index (χ3n) is 2.01. The smallest absolute Gasteiger partial charge is 0.394 e. The first-order chi connectivity index (χ1) is 8.08. The van der Waals surface area contributed by atoms with Crippen LogP contribution in [0.25, 0.3) is 0 Å². The molecule has 2 heterocycles. The predicted molar refractivity (Wildman–Crippen MR) is 53.5 cm³/mol. The number of aromatic nitrogens is 1. The van der Waals surface area contributed by atoms with E-state index in [1.54, 1.807) is 0 Å². The van der Waals surface area contributed by atoms with Crippen molar-refractivity contribution in [2.75, 3.05) is 11.9 Å². The van der Waals surface area contributed by atoms with Gasteiger partial charge in [0.15, 0.2) is 5.78 Å². The monoisotopic (exact) mass is 237 g/mol. The molecule has 1 aliphatic heterocycles. The SMILES string of the molecule is O=C(O)C(=O)Nc1cnc2c(c1)C(=O)CNO2. The average Bonchev–Trinajstić information content (AvgIpc) is 2.30.